The molecule has 0 N–H and O–H groups in total. The maximum absolute atomic E-state index is 10.5. The van der Waals surface area contributed by atoms with Crippen molar-refractivity contribution >= 4 is 23.9 Å². The summed E-state index contributed by atoms with van der Waals surface area (Å²) in [4.78, 5) is 35.1. The molecular weight excluding hydrogens is 543 g/mol. The molecule has 0 aromatic heterocycles. The normalized spacial score (nSPS) is 10.9. The van der Waals surface area contributed by atoms with E-state index in [0.717, 1.165) is 0 Å². The second-order valence-corrected chi connectivity index (χ2v) is 3.14. The predicted octanol–water partition coefficient (Wildman–Crippen LogP) is -2.81. The van der Waals surface area contributed by atoms with E-state index in [2.05, 4.69) is 0 Å². The molecule has 0 rings (SSSR count). The van der Waals surface area contributed by atoms with Crippen LogP contribution in [0.5, 0.6) is 0 Å². The third kappa shape index (κ3) is 30.9. The molecule has 0 saturated heterocycles. The molecule has 0 amide bonds. The largest absolute Gasteiger partial charge is 4.00 e. The molecule has 8 nitrogen and oxygen atoms in total. The standard InChI is InChI=1S/4C2HF3O2.Zr/c4*3-2(4,5)1(6)7;/h4*(H,6,7);/q;;;;+4/p-4. The van der Waals surface area contributed by atoms with E-state index in [1.165, 1.54) is 0 Å². The Morgan fingerprint density at radius 3 is 0.414 bits per heavy atom. The van der Waals surface area contributed by atoms with E-state index in [0.29, 0.717) is 0 Å². The monoisotopic (exact) mass is 542 g/mol. The molecule has 0 saturated carbocycles. The fourth-order valence-corrected chi connectivity index (χ4v) is 0. The smallest absolute Gasteiger partial charge is 0.542 e. The summed E-state index contributed by atoms with van der Waals surface area (Å²) in [5.74, 6) is -12.0. The third-order valence-electron chi connectivity index (χ3n) is 0.926. The minimum atomic E-state index is -5.19. The zero-order valence-corrected chi connectivity index (χ0v) is 14.8. The second-order valence-electron chi connectivity index (χ2n) is 3.14. The molecule has 29 heavy (non-hydrogen) atoms. The SMILES string of the molecule is O=C([O-])C(F)(F)F.O=C([O-])C(F)(F)F.O=C([O-])C(F)(F)F.O=C([O-])C(F)(F)F.[Zr+4]. The van der Waals surface area contributed by atoms with Gasteiger partial charge in [-0.25, -0.2) is 0 Å². The van der Waals surface area contributed by atoms with Gasteiger partial charge in [-0.1, -0.05) is 0 Å². The van der Waals surface area contributed by atoms with Crippen LogP contribution in [0.4, 0.5) is 52.7 Å². The van der Waals surface area contributed by atoms with Crippen LogP contribution >= 0.6 is 0 Å². The van der Waals surface area contributed by atoms with Crippen molar-refractivity contribution in [3.8, 4) is 0 Å². The van der Waals surface area contributed by atoms with E-state index in [9.17, 15) is 52.7 Å². The Kier molecular flexibility index (Phi) is 18.2. The number of alkyl halides is 12. The minimum Gasteiger partial charge on any atom is -0.542 e. The minimum absolute atomic E-state index is 0. The number of carbonyl (C=O) groups is 4. The molecule has 0 aliphatic heterocycles. The van der Waals surface area contributed by atoms with Crippen molar-refractivity contribution in [3.63, 3.8) is 0 Å². The molecule has 0 unspecified atom stereocenters. The molecule has 0 fully saturated rings. The Bertz CT molecular complexity index is 436. The number of carboxylic acid groups (broad SMARTS) is 4. The first-order valence-electron chi connectivity index (χ1n) is 4.90. The van der Waals surface area contributed by atoms with E-state index in [1.54, 1.807) is 0 Å². The summed E-state index contributed by atoms with van der Waals surface area (Å²) in [6.07, 6.45) is -20.8. The van der Waals surface area contributed by atoms with Crippen LogP contribution in [0.15, 0.2) is 0 Å². The van der Waals surface area contributed by atoms with Crippen molar-refractivity contribution in [2.24, 2.45) is 0 Å². The van der Waals surface area contributed by atoms with Crippen LogP contribution in [0.2, 0.25) is 0 Å². The Hall–Kier alpha value is -2.08. The fourth-order valence-electron chi connectivity index (χ4n) is 0. The second kappa shape index (κ2) is 14.0. The average Bonchev–Trinajstić information content (AvgIpc) is 2.35. The van der Waals surface area contributed by atoms with E-state index in [1.807, 2.05) is 0 Å². The van der Waals surface area contributed by atoms with Gasteiger partial charge in [0, 0.05) is 0 Å². The van der Waals surface area contributed by atoms with Gasteiger partial charge in [-0.2, -0.15) is 52.7 Å². The van der Waals surface area contributed by atoms with Crippen LogP contribution in [0.25, 0.3) is 0 Å². The quantitative estimate of drug-likeness (QED) is 0.296. The van der Waals surface area contributed by atoms with E-state index in [4.69, 9.17) is 39.6 Å². The molecule has 0 aromatic carbocycles. The summed E-state index contributed by atoms with van der Waals surface area (Å²) in [5.41, 5.74) is 0. The molecule has 0 heterocycles. The van der Waals surface area contributed by atoms with Gasteiger partial charge in [-0.05, 0) is 0 Å². The number of halogens is 12. The van der Waals surface area contributed by atoms with Crippen LogP contribution in [0, 0.1) is 0 Å². The molecular formula is C8F12O8Zr. The first-order valence-corrected chi connectivity index (χ1v) is 4.90. The molecule has 0 aliphatic carbocycles. The van der Waals surface area contributed by atoms with Crippen molar-refractivity contribution in [1.82, 2.24) is 0 Å². The van der Waals surface area contributed by atoms with Gasteiger partial charge in [0.05, 0.1) is 0 Å². The zero-order valence-electron chi connectivity index (χ0n) is 12.3. The Labute approximate surface area is 167 Å². The van der Waals surface area contributed by atoms with Crippen LogP contribution < -0.4 is 20.4 Å². The van der Waals surface area contributed by atoms with Crippen LogP contribution in [0.3, 0.4) is 0 Å². The number of hydrogen-bond acceptors (Lipinski definition) is 8. The number of carboxylic acids is 4. The van der Waals surface area contributed by atoms with Gasteiger partial charge in [0.25, 0.3) is 0 Å². The van der Waals surface area contributed by atoms with Crippen molar-refractivity contribution in [2.75, 3.05) is 0 Å². The summed E-state index contributed by atoms with van der Waals surface area (Å²) in [6.45, 7) is 0. The predicted molar refractivity (Wildman–Crippen MR) is 44.2 cm³/mol. The molecule has 0 bridgehead atoms. The van der Waals surface area contributed by atoms with Gasteiger partial charge < -0.3 is 39.6 Å². The molecule has 0 spiro atoms. The van der Waals surface area contributed by atoms with Crippen molar-refractivity contribution in [1.29, 1.82) is 0 Å². The van der Waals surface area contributed by atoms with Gasteiger partial charge in [0.2, 0.25) is 0 Å². The number of rotatable bonds is 0. The maximum Gasteiger partial charge on any atom is 4.00 e. The third-order valence-corrected chi connectivity index (χ3v) is 0.926. The zero-order chi connectivity index (χ0) is 24.3. The molecule has 21 heteroatoms. The molecule has 168 valence electrons. The first kappa shape index (κ1) is 37.6. The summed E-state index contributed by atoms with van der Waals surface area (Å²) < 4.78 is 126. The number of carbonyl (C=O) groups excluding carboxylic acids is 4. The summed E-state index contributed by atoms with van der Waals surface area (Å²) >= 11 is 0. The molecule has 0 aromatic rings. The van der Waals surface area contributed by atoms with Gasteiger partial charge in [0.15, 0.2) is 0 Å². The molecule has 0 radical (unpaired) electrons. The fraction of sp³-hybridized carbons (Fsp3) is 0.500. The Morgan fingerprint density at radius 2 is 0.414 bits per heavy atom. The van der Waals surface area contributed by atoms with Gasteiger partial charge in [-0.15, -0.1) is 0 Å². The topological polar surface area (TPSA) is 161 Å². The Balaban J connectivity index is -0.0000000873. The Morgan fingerprint density at radius 1 is 0.379 bits per heavy atom. The molecule has 0 aliphatic rings. The summed E-state index contributed by atoms with van der Waals surface area (Å²) in [7, 11) is 0. The summed E-state index contributed by atoms with van der Waals surface area (Å²) in [6, 6.07) is 0. The average molecular weight is 543 g/mol. The van der Waals surface area contributed by atoms with Crippen molar-refractivity contribution in [2.45, 2.75) is 24.7 Å². The van der Waals surface area contributed by atoms with Crippen LogP contribution in [-0.2, 0) is 45.4 Å². The van der Waals surface area contributed by atoms with E-state index >= 15 is 0 Å². The first-order chi connectivity index (χ1) is 11.8. The summed E-state index contributed by atoms with van der Waals surface area (Å²) in [5, 5.41) is 35.1. The van der Waals surface area contributed by atoms with Crippen LogP contribution in [-0.4, -0.2) is 48.6 Å². The number of hydrogen-bond donors (Lipinski definition) is 0. The molecule has 0 atom stereocenters. The maximum atomic E-state index is 10.5. The van der Waals surface area contributed by atoms with Gasteiger partial charge in [0.1, 0.15) is 23.9 Å². The van der Waals surface area contributed by atoms with Crippen molar-refractivity contribution < 1.29 is 118 Å². The van der Waals surface area contributed by atoms with Crippen LogP contribution in [0.1, 0.15) is 0 Å². The van der Waals surface area contributed by atoms with E-state index < -0.39 is 48.6 Å². The van der Waals surface area contributed by atoms with Gasteiger partial charge in [-0.3, -0.25) is 0 Å². The van der Waals surface area contributed by atoms with E-state index in [-0.39, 0.29) is 26.2 Å². The van der Waals surface area contributed by atoms with Crippen molar-refractivity contribution in [3.05, 3.63) is 0 Å². The van der Waals surface area contributed by atoms with Gasteiger partial charge >= 0.3 is 50.9 Å². The number of aliphatic carboxylic acids is 4.